The van der Waals surface area contributed by atoms with Crippen molar-refractivity contribution in [3.05, 3.63) is 60.2 Å². The zero-order valence-electron chi connectivity index (χ0n) is 16.7. The van der Waals surface area contributed by atoms with Gasteiger partial charge < -0.3 is 15.0 Å². The number of benzene rings is 2. The van der Waals surface area contributed by atoms with E-state index in [2.05, 4.69) is 19.8 Å². The number of nitrogens with one attached hydrogen (secondary N) is 2. The van der Waals surface area contributed by atoms with Gasteiger partial charge in [-0.15, -0.1) is 13.2 Å². The third-order valence-corrected chi connectivity index (χ3v) is 5.79. The van der Waals surface area contributed by atoms with Gasteiger partial charge >= 0.3 is 6.36 Å². The van der Waals surface area contributed by atoms with Crippen molar-refractivity contribution in [3.8, 4) is 5.75 Å². The van der Waals surface area contributed by atoms with Crippen LogP contribution < -0.4 is 19.8 Å². The van der Waals surface area contributed by atoms with Gasteiger partial charge in [0.25, 0.3) is 0 Å². The third kappa shape index (κ3) is 6.79. The van der Waals surface area contributed by atoms with Crippen molar-refractivity contribution >= 4 is 17.5 Å². The van der Waals surface area contributed by atoms with Crippen LogP contribution in [0.15, 0.2) is 54.6 Å². The maximum absolute atomic E-state index is 12.1. The molecule has 0 saturated carbocycles. The summed E-state index contributed by atoms with van der Waals surface area (Å²) >= 11 is 5.29. The molecule has 2 saturated heterocycles. The van der Waals surface area contributed by atoms with E-state index in [0.717, 1.165) is 44.8 Å². The molecule has 2 aromatic carbocycles. The molecule has 2 heterocycles. The van der Waals surface area contributed by atoms with E-state index in [1.165, 1.54) is 30.5 Å². The van der Waals surface area contributed by atoms with Crippen molar-refractivity contribution in [1.29, 1.82) is 0 Å². The lowest BCUT2D eigenvalue weighted by molar-refractivity contribution is -0.274. The Bertz CT molecular complexity index is 765. The van der Waals surface area contributed by atoms with Crippen LogP contribution in [0.5, 0.6) is 5.75 Å². The highest BCUT2D eigenvalue weighted by Gasteiger charge is 2.39. The van der Waals surface area contributed by atoms with Gasteiger partial charge in [-0.3, -0.25) is 0 Å². The predicted octanol–water partition coefficient (Wildman–Crippen LogP) is 5.10. The Morgan fingerprint density at radius 3 is 2.27 bits per heavy atom. The SMILES string of the molecule is ClNCc1ccccc1.FC(F)(F)Oc1ccc(N2CCC3(CCNCC3)C2)cc1. The van der Waals surface area contributed by atoms with Crippen LogP contribution in [0.2, 0.25) is 0 Å². The second-order valence-electron chi connectivity index (χ2n) is 7.76. The van der Waals surface area contributed by atoms with Crippen LogP contribution in [0.1, 0.15) is 24.8 Å². The zero-order chi connectivity index (χ0) is 21.5. The highest BCUT2D eigenvalue weighted by atomic mass is 35.5. The monoisotopic (exact) mass is 441 g/mol. The Morgan fingerprint density at radius 2 is 1.67 bits per heavy atom. The summed E-state index contributed by atoms with van der Waals surface area (Å²) < 4.78 is 40.3. The summed E-state index contributed by atoms with van der Waals surface area (Å²) in [5.74, 6) is -0.165. The highest BCUT2D eigenvalue weighted by molar-refractivity contribution is 6.13. The second-order valence-corrected chi connectivity index (χ2v) is 8.03. The number of piperidine rings is 1. The average Bonchev–Trinajstić information content (AvgIpc) is 3.13. The summed E-state index contributed by atoms with van der Waals surface area (Å²) in [5, 5.41) is 3.38. The van der Waals surface area contributed by atoms with Gasteiger partial charge in [0, 0.05) is 25.3 Å². The number of alkyl halides is 3. The van der Waals surface area contributed by atoms with Crippen LogP contribution in [0.3, 0.4) is 0 Å². The van der Waals surface area contributed by atoms with Gasteiger partial charge in [0.2, 0.25) is 0 Å². The van der Waals surface area contributed by atoms with Gasteiger partial charge in [0.1, 0.15) is 5.75 Å². The van der Waals surface area contributed by atoms with Crippen LogP contribution in [0.4, 0.5) is 18.9 Å². The molecule has 0 aromatic heterocycles. The van der Waals surface area contributed by atoms with Gasteiger partial charge in [-0.25, -0.2) is 4.84 Å². The Labute approximate surface area is 180 Å². The smallest absolute Gasteiger partial charge is 0.406 e. The van der Waals surface area contributed by atoms with Crippen molar-refractivity contribution < 1.29 is 17.9 Å². The Kier molecular flexibility index (Phi) is 7.86. The first kappa shape index (κ1) is 22.7. The van der Waals surface area contributed by atoms with Crippen LogP contribution in [0.25, 0.3) is 0 Å². The molecule has 30 heavy (non-hydrogen) atoms. The quantitative estimate of drug-likeness (QED) is 0.647. The highest BCUT2D eigenvalue weighted by Crippen LogP contribution is 2.40. The molecule has 4 rings (SSSR count). The summed E-state index contributed by atoms with van der Waals surface area (Å²) in [4.78, 5) is 4.82. The molecule has 1 spiro atoms. The largest absolute Gasteiger partial charge is 0.573 e. The lowest BCUT2D eigenvalue weighted by Gasteiger charge is -2.34. The summed E-state index contributed by atoms with van der Waals surface area (Å²) in [5.41, 5.74) is 2.55. The van der Waals surface area contributed by atoms with Crippen LogP contribution in [-0.4, -0.2) is 32.5 Å². The minimum atomic E-state index is -4.63. The topological polar surface area (TPSA) is 36.5 Å². The fourth-order valence-electron chi connectivity index (χ4n) is 4.05. The molecule has 2 aliphatic heterocycles. The maximum atomic E-state index is 12.1. The first-order valence-corrected chi connectivity index (χ1v) is 10.5. The standard InChI is InChI=1S/C15H19F3N2O.C7H8ClN/c16-15(17,18)21-13-3-1-12(2-4-13)20-10-7-14(11-20)5-8-19-9-6-14;8-9-6-7-4-2-1-3-5-7/h1-4,19H,5-11H2;1-5,9H,6H2. The van der Waals surface area contributed by atoms with E-state index < -0.39 is 6.36 Å². The average molecular weight is 442 g/mol. The van der Waals surface area contributed by atoms with Crippen molar-refractivity contribution in [2.24, 2.45) is 5.41 Å². The third-order valence-electron chi connectivity index (χ3n) is 5.65. The van der Waals surface area contributed by atoms with E-state index >= 15 is 0 Å². The van der Waals surface area contributed by atoms with E-state index in [-0.39, 0.29) is 5.75 Å². The van der Waals surface area contributed by atoms with Crippen LogP contribution >= 0.6 is 11.8 Å². The van der Waals surface area contributed by atoms with E-state index in [0.29, 0.717) is 5.41 Å². The van der Waals surface area contributed by atoms with Crippen LogP contribution in [0, 0.1) is 5.41 Å². The van der Waals surface area contributed by atoms with E-state index in [4.69, 9.17) is 11.8 Å². The van der Waals surface area contributed by atoms with Crippen molar-refractivity contribution in [1.82, 2.24) is 10.2 Å². The Morgan fingerprint density at radius 1 is 1.00 bits per heavy atom. The molecule has 0 atom stereocenters. The van der Waals surface area contributed by atoms with Crippen molar-refractivity contribution in [3.63, 3.8) is 0 Å². The van der Waals surface area contributed by atoms with Crippen molar-refractivity contribution in [2.75, 3.05) is 31.1 Å². The molecule has 2 fully saturated rings. The molecular formula is C22H27ClF3N3O. The number of anilines is 1. The zero-order valence-corrected chi connectivity index (χ0v) is 17.5. The molecule has 0 amide bonds. The number of hydrogen-bond donors (Lipinski definition) is 2. The van der Waals surface area contributed by atoms with Gasteiger partial charge in [-0.05, 0) is 79.4 Å². The number of halogens is 4. The number of nitrogens with zero attached hydrogens (tertiary/aromatic N) is 1. The van der Waals surface area contributed by atoms with Gasteiger partial charge in [0.05, 0.1) is 0 Å². The van der Waals surface area contributed by atoms with E-state index in [1.54, 1.807) is 12.1 Å². The maximum Gasteiger partial charge on any atom is 0.573 e. The van der Waals surface area contributed by atoms with Crippen molar-refractivity contribution in [2.45, 2.75) is 32.2 Å². The number of hydrogen-bond acceptors (Lipinski definition) is 4. The molecule has 0 aliphatic carbocycles. The molecule has 0 bridgehead atoms. The Hall–Kier alpha value is -1.96. The summed E-state index contributed by atoms with van der Waals surface area (Å²) in [6.07, 6.45) is -1.11. The summed E-state index contributed by atoms with van der Waals surface area (Å²) in [7, 11) is 0. The molecule has 0 unspecified atom stereocenters. The first-order chi connectivity index (χ1) is 14.4. The predicted molar refractivity (Wildman–Crippen MR) is 114 cm³/mol. The molecular weight excluding hydrogens is 415 g/mol. The molecule has 164 valence electrons. The molecule has 2 N–H and O–H groups in total. The lowest BCUT2D eigenvalue weighted by Crippen LogP contribution is -2.38. The number of rotatable bonds is 4. The molecule has 4 nitrogen and oxygen atoms in total. The molecule has 2 aromatic rings. The molecule has 2 aliphatic rings. The van der Waals surface area contributed by atoms with Gasteiger partial charge in [-0.2, -0.15) is 0 Å². The minimum Gasteiger partial charge on any atom is -0.406 e. The number of ether oxygens (including phenoxy) is 1. The van der Waals surface area contributed by atoms with E-state index in [9.17, 15) is 13.2 Å². The summed E-state index contributed by atoms with van der Waals surface area (Å²) in [6.45, 7) is 4.81. The normalized spacial score (nSPS) is 18.1. The van der Waals surface area contributed by atoms with E-state index in [1.807, 2.05) is 30.3 Å². The second kappa shape index (κ2) is 10.4. The fraction of sp³-hybridized carbons (Fsp3) is 0.455. The fourth-order valence-corrected chi connectivity index (χ4v) is 4.21. The minimum absolute atomic E-state index is 0.165. The first-order valence-electron chi connectivity index (χ1n) is 10.1. The van der Waals surface area contributed by atoms with Crippen LogP contribution in [-0.2, 0) is 6.54 Å². The Balaban J connectivity index is 0.000000239. The van der Waals surface area contributed by atoms with Gasteiger partial charge in [-0.1, -0.05) is 30.3 Å². The molecule has 0 radical (unpaired) electrons. The summed E-state index contributed by atoms with van der Waals surface area (Å²) in [6, 6.07) is 16.2. The van der Waals surface area contributed by atoms with Gasteiger partial charge in [0.15, 0.2) is 0 Å². The molecule has 8 heteroatoms. The lowest BCUT2D eigenvalue weighted by atomic mass is 9.78.